The second-order valence-electron chi connectivity index (χ2n) is 3.69. The average molecular weight is 276 g/mol. The number of benzene rings is 1. The van der Waals surface area contributed by atoms with Crippen molar-refractivity contribution in [3.8, 4) is 10.4 Å². The molecule has 0 radical (unpaired) electrons. The van der Waals surface area contributed by atoms with Crippen LogP contribution < -0.4 is 11.2 Å². The molecule has 0 saturated heterocycles. The standard InChI is InChI=1S/C12H12N4S2/c1-8-5-11(18-16-8)10-4-2-3-9(6-10)7-14-15-12(13)17/h2-7H,1H3,(H3,13,15,17). The summed E-state index contributed by atoms with van der Waals surface area (Å²) >= 11 is 6.15. The van der Waals surface area contributed by atoms with Crippen LogP contribution in [0.5, 0.6) is 0 Å². The molecular weight excluding hydrogens is 264 g/mol. The number of nitrogens with two attached hydrogens (primary N) is 1. The molecule has 0 aliphatic heterocycles. The lowest BCUT2D eigenvalue weighted by Crippen LogP contribution is -2.23. The molecular formula is C12H12N4S2. The fourth-order valence-corrected chi connectivity index (χ4v) is 2.25. The Morgan fingerprint density at radius 2 is 2.33 bits per heavy atom. The zero-order chi connectivity index (χ0) is 13.0. The highest BCUT2D eigenvalue weighted by Crippen LogP contribution is 2.24. The Hall–Kier alpha value is -1.79. The van der Waals surface area contributed by atoms with Crippen LogP contribution in [0.25, 0.3) is 10.4 Å². The Morgan fingerprint density at radius 3 is 3.00 bits per heavy atom. The van der Waals surface area contributed by atoms with Gasteiger partial charge in [0.05, 0.1) is 16.8 Å². The van der Waals surface area contributed by atoms with Crippen molar-refractivity contribution in [2.45, 2.75) is 6.92 Å². The normalized spacial score (nSPS) is 10.7. The maximum atomic E-state index is 5.28. The Bertz CT molecular complexity index is 589. The van der Waals surface area contributed by atoms with Gasteiger partial charge in [-0.3, -0.25) is 5.43 Å². The van der Waals surface area contributed by atoms with E-state index in [0.717, 1.165) is 21.7 Å². The molecule has 2 aromatic rings. The Balaban J connectivity index is 2.20. The lowest BCUT2D eigenvalue weighted by molar-refractivity contribution is 1.04. The molecule has 2 rings (SSSR count). The lowest BCUT2D eigenvalue weighted by Gasteiger charge is -1.99. The van der Waals surface area contributed by atoms with E-state index < -0.39 is 0 Å². The minimum Gasteiger partial charge on any atom is -0.375 e. The molecule has 0 saturated carbocycles. The number of nitrogens with zero attached hydrogens (tertiary/aromatic N) is 2. The summed E-state index contributed by atoms with van der Waals surface area (Å²) in [5.41, 5.74) is 10.9. The van der Waals surface area contributed by atoms with E-state index >= 15 is 0 Å². The van der Waals surface area contributed by atoms with E-state index in [2.05, 4.69) is 33.2 Å². The fourth-order valence-electron chi connectivity index (χ4n) is 1.44. The molecule has 0 aliphatic rings. The van der Waals surface area contributed by atoms with E-state index in [-0.39, 0.29) is 5.11 Å². The zero-order valence-corrected chi connectivity index (χ0v) is 11.4. The van der Waals surface area contributed by atoms with Gasteiger partial charge in [-0.25, -0.2) is 0 Å². The topological polar surface area (TPSA) is 63.3 Å². The van der Waals surface area contributed by atoms with Crippen molar-refractivity contribution in [1.82, 2.24) is 9.80 Å². The SMILES string of the molecule is Cc1cc(-c2cccc(C=NNC(N)=S)c2)sn1. The number of thiocarbonyl (C=S) groups is 1. The van der Waals surface area contributed by atoms with Crippen LogP contribution in [0.3, 0.4) is 0 Å². The minimum absolute atomic E-state index is 0.153. The van der Waals surface area contributed by atoms with Crippen molar-refractivity contribution >= 4 is 35.1 Å². The van der Waals surface area contributed by atoms with E-state index in [0.29, 0.717) is 0 Å². The highest BCUT2D eigenvalue weighted by Gasteiger charge is 2.02. The first-order valence-corrected chi connectivity index (χ1v) is 6.45. The van der Waals surface area contributed by atoms with Gasteiger partial charge in [-0.2, -0.15) is 9.47 Å². The number of hydrogen-bond acceptors (Lipinski definition) is 4. The predicted molar refractivity (Wildman–Crippen MR) is 79.8 cm³/mol. The number of aryl methyl sites for hydroxylation is 1. The highest BCUT2D eigenvalue weighted by molar-refractivity contribution is 7.80. The van der Waals surface area contributed by atoms with Crippen molar-refractivity contribution in [2.75, 3.05) is 0 Å². The summed E-state index contributed by atoms with van der Waals surface area (Å²) < 4.78 is 4.27. The molecule has 6 heteroatoms. The van der Waals surface area contributed by atoms with Gasteiger partial charge >= 0.3 is 0 Å². The maximum Gasteiger partial charge on any atom is 0.184 e. The first kappa shape index (κ1) is 12.7. The van der Waals surface area contributed by atoms with Crippen LogP contribution in [0.15, 0.2) is 35.4 Å². The maximum absolute atomic E-state index is 5.28. The minimum atomic E-state index is 0.153. The number of nitrogens with one attached hydrogen (secondary N) is 1. The third kappa shape index (κ3) is 3.35. The quantitative estimate of drug-likeness (QED) is 0.513. The van der Waals surface area contributed by atoms with Crippen LogP contribution in [0, 0.1) is 6.92 Å². The van der Waals surface area contributed by atoms with Crippen molar-refractivity contribution in [1.29, 1.82) is 0 Å². The van der Waals surface area contributed by atoms with Crippen molar-refractivity contribution in [2.24, 2.45) is 10.8 Å². The number of aromatic nitrogens is 1. The third-order valence-corrected chi connectivity index (χ3v) is 3.21. The van der Waals surface area contributed by atoms with Crippen LogP contribution in [0.4, 0.5) is 0 Å². The summed E-state index contributed by atoms with van der Waals surface area (Å²) in [6.07, 6.45) is 1.68. The third-order valence-electron chi connectivity index (χ3n) is 2.19. The Kier molecular flexibility index (Phi) is 4.01. The summed E-state index contributed by atoms with van der Waals surface area (Å²) in [6.45, 7) is 1.98. The molecule has 0 bridgehead atoms. The first-order valence-electron chi connectivity index (χ1n) is 5.27. The molecule has 3 N–H and O–H groups in total. The van der Waals surface area contributed by atoms with E-state index in [1.165, 1.54) is 11.5 Å². The van der Waals surface area contributed by atoms with Gasteiger partial charge in [0.2, 0.25) is 0 Å². The highest BCUT2D eigenvalue weighted by atomic mass is 32.1. The van der Waals surface area contributed by atoms with Crippen molar-refractivity contribution in [3.63, 3.8) is 0 Å². The van der Waals surface area contributed by atoms with E-state index in [4.69, 9.17) is 5.73 Å². The van der Waals surface area contributed by atoms with Crippen LogP contribution in [-0.4, -0.2) is 15.7 Å². The van der Waals surface area contributed by atoms with Gasteiger partial charge in [0.1, 0.15) is 0 Å². The largest absolute Gasteiger partial charge is 0.375 e. The summed E-state index contributed by atoms with van der Waals surface area (Å²) in [5.74, 6) is 0. The number of hydrogen-bond donors (Lipinski definition) is 2. The molecule has 0 aliphatic carbocycles. The summed E-state index contributed by atoms with van der Waals surface area (Å²) in [4.78, 5) is 1.14. The van der Waals surface area contributed by atoms with Crippen LogP contribution in [0.1, 0.15) is 11.3 Å². The molecule has 0 fully saturated rings. The molecule has 0 spiro atoms. The summed E-state index contributed by atoms with van der Waals surface area (Å²) in [5, 5.41) is 4.08. The molecule has 0 amide bonds. The Morgan fingerprint density at radius 1 is 1.50 bits per heavy atom. The lowest BCUT2D eigenvalue weighted by atomic mass is 10.1. The van der Waals surface area contributed by atoms with E-state index in [1.54, 1.807) is 6.21 Å². The fraction of sp³-hybridized carbons (Fsp3) is 0.0833. The molecule has 1 heterocycles. The smallest absolute Gasteiger partial charge is 0.184 e. The second kappa shape index (κ2) is 5.70. The number of hydrazone groups is 1. The average Bonchev–Trinajstić information content (AvgIpc) is 2.76. The molecule has 92 valence electrons. The van der Waals surface area contributed by atoms with Gasteiger partial charge in [-0.15, -0.1) is 0 Å². The molecule has 4 nitrogen and oxygen atoms in total. The van der Waals surface area contributed by atoms with Crippen LogP contribution in [-0.2, 0) is 0 Å². The van der Waals surface area contributed by atoms with Gasteiger partial charge in [-0.1, -0.05) is 18.2 Å². The monoisotopic (exact) mass is 276 g/mol. The van der Waals surface area contributed by atoms with Gasteiger partial charge in [0, 0.05) is 0 Å². The first-order chi connectivity index (χ1) is 8.65. The van der Waals surface area contributed by atoms with Gasteiger partial charge in [0.15, 0.2) is 5.11 Å². The van der Waals surface area contributed by atoms with E-state index in [1.807, 2.05) is 31.2 Å². The van der Waals surface area contributed by atoms with Crippen LogP contribution in [0.2, 0.25) is 0 Å². The van der Waals surface area contributed by atoms with Crippen LogP contribution >= 0.6 is 23.8 Å². The van der Waals surface area contributed by atoms with Gasteiger partial charge in [-0.05, 0) is 53.9 Å². The second-order valence-corrected chi connectivity index (χ2v) is 4.94. The number of rotatable bonds is 3. The Labute approximate surface area is 115 Å². The molecule has 18 heavy (non-hydrogen) atoms. The summed E-state index contributed by atoms with van der Waals surface area (Å²) in [7, 11) is 0. The molecule has 0 atom stereocenters. The van der Waals surface area contributed by atoms with Crippen molar-refractivity contribution in [3.05, 3.63) is 41.6 Å². The predicted octanol–water partition coefficient (Wildman–Crippen LogP) is 2.29. The van der Waals surface area contributed by atoms with E-state index in [9.17, 15) is 0 Å². The zero-order valence-electron chi connectivity index (χ0n) is 9.75. The summed E-state index contributed by atoms with van der Waals surface area (Å²) in [6, 6.07) is 10.1. The molecule has 0 unspecified atom stereocenters. The van der Waals surface area contributed by atoms with Gasteiger partial charge in [0.25, 0.3) is 0 Å². The van der Waals surface area contributed by atoms with Gasteiger partial charge < -0.3 is 5.73 Å². The van der Waals surface area contributed by atoms with Crippen molar-refractivity contribution < 1.29 is 0 Å². The molecule has 1 aromatic heterocycles. The molecule has 1 aromatic carbocycles.